The van der Waals surface area contributed by atoms with Crippen LogP contribution in [0.1, 0.15) is 12.8 Å². The Labute approximate surface area is 132 Å². The molecule has 2 aliphatic rings. The minimum absolute atomic E-state index is 0.0311. The highest BCUT2D eigenvalue weighted by Crippen LogP contribution is 2.33. The zero-order valence-electron chi connectivity index (χ0n) is 12.2. The quantitative estimate of drug-likeness (QED) is 0.620. The Morgan fingerprint density at radius 2 is 2.14 bits per heavy atom. The van der Waals surface area contributed by atoms with E-state index in [4.69, 9.17) is 0 Å². The van der Waals surface area contributed by atoms with E-state index in [-0.39, 0.29) is 17.6 Å². The van der Waals surface area contributed by atoms with Crippen LogP contribution in [-0.4, -0.2) is 57.9 Å². The molecular formula is C14H18N4O3S. The molecular weight excluding hydrogens is 304 g/mol. The second-order valence-electron chi connectivity index (χ2n) is 5.41. The molecule has 1 aromatic heterocycles. The Bertz CT molecular complexity index is 577. The molecule has 0 saturated carbocycles. The SMILES string of the molecule is O=C([C@H]1CCCN1c1ccncc1[N+](=O)[O-])N1CCSCC1. The third-order valence-corrected chi connectivity index (χ3v) is 5.09. The lowest BCUT2D eigenvalue weighted by Crippen LogP contribution is -2.48. The van der Waals surface area contributed by atoms with Crippen LogP contribution in [0, 0.1) is 10.1 Å². The van der Waals surface area contributed by atoms with Crippen LogP contribution in [0.5, 0.6) is 0 Å². The van der Waals surface area contributed by atoms with E-state index in [2.05, 4.69) is 4.98 Å². The van der Waals surface area contributed by atoms with Gasteiger partial charge in [0.2, 0.25) is 5.91 Å². The van der Waals surface area contributed by atoms with Crippen molar-refractivity contribution in [2.75, 3.05) is 36.0 Å². The van der Waals surface area contributed by atoms with Crippen molar-refractivity contribution in [3.63, 3.8) is 0 Å². The van der Waals surface area contributed by atoms with Crippen molar-refractivity contribution < 1.29 is 9.72 Å². The first kappa shape index (κ1) is 15.1. The fraction of sp³-hybridized carbons (Fsp3) is 0.571. The zero-order chi connectivity index (χ0) is 15.5. The van der Waals surface area contributed by atoms with Crippen molar-refractivity contribution in [2.24, 2.45) is 0 Å². The zero-order valence-corrected chi connectivity index (χ0v) is 13.0. The summed E-state index contributed by atoms with van der Waals surface area (Å²) in [6, 6.07) is 1.35. The minimum atomic E-state index is -0.431. The van der Waals surface area contributed by atoms with Gasteiger partial charge >= 0.3 is 5.69 Å². The number of aromatic nitrogens is 1. The molecule has 0 radical (unpaired) electrons. The lowest BCUT2D eigenvalue weighted by Gasteiger charge is -2.33. The molecule has 1 atom stereocenters. The highest BCUT2D eigenvalue weighted by Gasteiger charge is 2.36. The number of pyridine rings is 1. The van der Waals surface area contributed by atoms with Crippen molar-refractivity contribution >= 4 is 29.0 Å². The van der Waals surface area contributed by atoms with Crippen molar-refractivity contribution in [2.45, 2.75) is 18.9 Å². The topological polar surface area (TPSA) is 79.6 Å². The van der Waals surface area contributed by atoms with Crippen LogP contribution >= 0.6 is 11.8 Å². The van der Waals surface area contributed by atoms with E-state index >= 15 is 0 Å². The van der Waals surface area contributed by atoms with Crippen LogP contribution < -0.4 is 4.90 Å². The van der Waals surface area contributed by atoms with E-state index < -0.39 is 4.92 Å². The molecule has 8 heteroatoms. The van der Waals surface area contributed by atoms with Gasteiger partial charge in [-0.2, -0.15) is 11.8 Å². The number of nitro groups is 1. The first-order valence-corrected chi connectivity index (χ1v) is 8.55. The van der Waals surface area contributed by atoms with Gasteiger partial charge in [0, 0.05) is 37.3 Å². The van der Waals surface area contributed by atoms with Gasteiger partial charge in [0.1, 0.15) is 17.9 Å². The predicted molar refractivity (Wildman–Crippen MR) is 85.2 cm³/mol. The molecule has 3 heterocycles. The molecule has 2 saturated heterocycles. The monoisotopic (exact) mass is 322 g/mol. The Morgan fingerprint density at radius 1 is 1.36 bits per heavy atom. The Kier molecular flexibility index (Phi) is 4.47. The van der Waals surface area contributed by atoms with E-state index in [9.17, 15) is 14.9 Å². The number of carbonyl (C=O) groups is 1. The van der Waals surface area contributed by atoms with Crippen molar-refractivity contribution in [1.29, 1.82) is 0 Å². The summed E-state index contributed by atoms with van der Waals surface area (Å²) >= 11 is 1.86. The highest BCUT2D eigenvalue weighted by atomic mass is 32.2. The van der Waals surface area contributed by atoms with E-state index in [0.717, 1.165) is 37.4 Å². The normalized spacial score (nSPS) is 21.9. The lowest BCUT2D eigenvalue weighted by atomic mass is 10.1. The minimum Gasteiger partial charge on any atom is -0.354 e. The van der Waals surface area contributed by atoms with Crippen LogP contribution in [0.25, 0.3) is 0 Å². The number of thioether (sulfide) groups is 1. The molecule has 1 aromatic rings. The molecule has 0 aromatic carbocycles. The third-order valence-electron chi connectivity index (χ3n) is 4.14. The first-order chi connectivity index (χ1) is 10.7. The van der Waals surface area contributed by atoms with Gasteiger partial charge in [-0.15, -0.1) is 0 Å². The summed E-state index contributed by atoms with van der Waals surface area (Å²) in [5.74, 6) is 2.03. The number of anilines is 1. The summed E-state index contributed by atoms with van der Waals surface area (Å²) in [6.07, 6.45) is 4.42. The average Bonchev–Trinajstić information content (AvgIpc) is 3.04. The summed E-state index contributed by atoms with van der Waals surface area (Å²) in [5.41, 5.74) is 0.471. The summed E-state index contributed by atoms with van der Waals surface area (Å²) < 4.78 is 0. The number of hydrogen-bond donors (Lipinski definition) is 0. The van der Waals surface area contributed by atoms with Crippen molar-refractivity contribution in [3.8, 4) is 0 Å². The average molecular weight is 322 g/mol. The van der Waals surface area contributed by atoms with E-state index in [1.54, 1.807) is 12.3 Å². The summed E-state index contributed by atoms with van der Waals surface area (Å²) in [7, 11) is 0. The molecule has 22 heavy (non-hydrogen) atoms. The van der Waals surface area contributed by atoms with Crippen LogP contribution in [0.2, 0.25) is 0 Å². The van der Waals surface area contributed by atoms with E-state index in [1.165, 1.54) is 6.20 Å². The molecule has 118 valence electrons. The van der Waals surface area contributed by atoms with Crippen molar-refractivity contribution in [1.82, 2.24) is 9.88 Å². The smallest absolute Gasteiger partial charge is 0.310 e. The second-order valence-corrected chi connectivity index (χ2v) is 6.64. The molecule has 2 aliphatic heterocycles. The van der Waals surface area contributed by atoms with Gasteiger partial charge in [-0.1, -0.05) is 0 Å². The molecule has 2 fully saturated rings. The number of nitrogens with zero attached hydrogens (tertiary/aromatic N) is 4. The highest BCUT2D eigenvalue weighted by molar-refractivity contribution is 7.99. The molecule has 0 aliphatic carbocycles. The van der Waals surface area contributed by atoms with Crippen LogP contribution in [0.15, 0.2) is 18.5 Å². The van der Waals surface area contributed by atoms with Gasteiger partial charge in [0.15, 0.2) is 0 Å². The van der Waals surface area contributed by atoms with Gasteiger partial charge < -0.3 is 9.80 Å². The maximum absolute atomic E-state index is 12.8. The van der Waals surface area contributed by atoms with Gasteiger partial charge in [0.25, 0.3) is 0 Å². The molecule has 7 nitrogen and oxygen atoms in total. The lowest BCUT2D eigenvalue weighted by molar-refractivity contribution is -0.384. The summed E-state index contributed by atoms with van der Waals surface area (Å²) in [5, 5.41) is 11.2. The third kappa shape index (κ3) is 2.87. The summed E-state index contributed by atoms with van der Waals surface area (Å²) in [4.78, 5) is 31.1. The van der Waals surface area contributed by atoms with Gasteiger partial charge in [-0.25, -0.2) is 0 Å². The Hall–Kier alpha value is -1.83. The molecule has 0 unspecified atom stereocenters. The predicted octanol–water partition coefficient (Wildman–Crippen LogP) is 1.53. The fourth-order valence-corrected chi connectivity index (χ4v) is 3.97. The van der Waals surface area contributed by atoms with Crippen molar-refractivity contribution in [3.05, 3.63) is 28.6 Å². The number of amides is 1. The standard InChI is InChI=1S/C14H18N4O3S/c19-14(16-6-8-22-9-7-16)12-2-1-5-17(12)11-3-4-15-10-13(11)18(20)21/h3-4,10,12H,1-2,5-9H2/t12-/m1/s1. The number of hydrogen-bond acceptors (Lipinski definition) is 6. The molecule has 0 spiro atoms. The molecule has 3 rings (SSSR count). The number of rotatable bonds is 3. The largest absolute Gasteiger partial charge is 0.354 e. The Balaban J connectivity index is 1.84. The number of carbonyl (C=O) groups excluding carboxylic acids is 1. The Morgan fingerprint density at radius 3 is 2.86 bits per heavy atom. The molecule has 1 amide bonds. The maximum atomic E-state index is 12.8. The fourth-order valence-electron chi connectivity index (χ4n) is 3.07. The maximum Gasteiger partial charge on any atom is 0.310 e. The van der Waals surface area contributed by atoms with Crippen LogP contribution in [0.4, 0.5) is 11.4 Å². The van der Waals surface area contributed by atoms with Gasteiger partial charge in [-0.05, 0) is 18.9 Å². The summed E-state index contributed by atoms with van der Waals surface area (Å²) in [6.45, 7) is 2.21. The van der Waals surface area contributed by atoms with Crippen LogP contribution in [0.3, 0.4) is 0 Å². The van der Waals surface area contributed by atoms with E-state index in [0.29, 0.717) is 12.2 Å². The van der Waals surface area contributed by atoms with Crippen LogP contribution in [-0.2, 0) is 4.79 Å². The molecule has 0 N–H and O–H groups in total. The first-order valence-electron chi connectivity index (χ1n) is 7.40. The van der Waals surface area contributed by atoms with E-state index in [1.807, 2.05) is 21.6 Å². The second kappa shape index (κ2) is 6.51. The van der Waals surface area contributed by atoms with Gasteiger partial charge in [-0.3, -0.25) is 19.9 Å². The van der Waals surface area contributed by atoms with Gasteiger partial charge in [0.05, 0.1) is 4.92 Å². The molecule has 0 bridgehead atoms.